The van der Waals surface area contributed by atoms with Crippen LogP contribution in [-0.2, 0) is 16.6 Å². The van der Waals surface area contributed by atoms with Crippen LogP contribution in [0, 0.1) is 5.82 Å². The predicted molar refractivity (Wildman–Crippen MR) is 87.3 cm³/mol. The van der Waals surface area contributed by atoms with Gasteiger partial charge in [0.05, 0.1) is 0 Å². The Morgan fingerprint density at radius 3 is 2.12 bits per heavy atom. The van der Waals surface area contributed by atoms with Crippen molar-refractivity contribution in [2.45, 2.75) is 12.1 Å². The molecule has 3 nitrogen and oxygen atoms in total. The zero-order chi connectivity index (χ0) is 18.5. The number of hydrogen-bond donors (Lipinski definition) is 0. The maximum absolute atomic E-state index is 12.9. The van der Waals surface area contributed by atoms with Gasteiger partial charge in [0.15, 0.2) is 0 Å². The third kappa shape index (κ3) is 5.14. The molecule has 0 radical (unpaired) electrons. The quantitative estimate of drug-likeness (QED) is 0.712. The largest absolute Gasteiger partial charge is 0.511 e. The van der Waals surface area contributed by atoms with Crippen LogP contribution in [0.3, 0.4) is 0 Å². The Labute approximate surface area is 143 Å². The van der Waals surface area contributed by atoms with Crippen LogP contribution in [0.4, 0.5) is 17.6 Å². The lowest BCUT2D eigenvalue weighted by molar-refractivity contribution is -0.0488. The topological polar surface area (TPSA) is 37.4 Å². The Bertz CT molecular complexity index is 816. The summed E-state index contributed by atoms with van der Waals surface area (Å²) in [5.41, 5.74) is -4.43. The van der Waals surface area contributed by atoms with E-state index in [0.717, 1.165) is 17.7 Å². The highest BCUT2D eigenvalue weighted by Gasteiger charge is 2.49. The van der Waals surface area contributed by atoms with Gasteiger partial charge in [0, 0.05) is 13.1 Å². The molecule has 0 saturated heterocycles. The summed E-state index contributed by atoms with van der Waals surface area (Å²) in [5.74, 6) is -0.557. The van der Waals surface area contributed by atoms with E-state index >= 15 is 0 Å². The second-order valence-electron chi connectivity index (χ2n) is 5.18. The van der Waals surface area contributed by atoms with Crippen molar-refractivity contribution < 1.29 is 26.0 Å². The molecule has 0 N–H and O–H groups in total. The van der Waals surface area contributed by atoms with Crippen molar-refractivity contribution in [2.75, 3.05) is 6.54 Å². The van der Waals surface area contributed by atoms with Crippen molar-refractivity contribution in [1.29, 1.82) is 0 Å². The van der Waals surface area contributed by atoms with Gasteiger partial charge in [-0.15, -0.1) is 0 Å². The van der Waals surface area contributed by atoms with Crippen LogP contribution in [0.1, 0.15) is 11.1 Å². The number of alkyl halides is 3. The normalized spacial score (nSPS) is 12.8. The minimum atomic E-state index is -5.51. The number of halogens is 4. The molecule has 0 aliphatic heterocycles. The lowest BCUT2D eigenvalue weighted by atomic mass is 10.2. The van der Waals surface area contributed by atoms with Crippen LogP contribution in [0.25, 0.3) is 6.08 Å². The lowest BCUT2D eigenvalue weighted by Crippen LogP contribution is -2.40. The van der Waals surface area contributed by atoms with E-state index in [1.54, 1.807) is 30.3 Å². The fraction of sp³-hybridized carbons (Fsp3) is 0.176. The van der Waals surface area contributed by atoms with E-state index in [9.17, 15) is 26.0 Å². The SMILES string of the molecule is O=S(=O)(N(CC=Cc1ccccc1)Cc1ccc(F)cc1)C(F)(F)F. The lowest BCUT2D eigenvalue weighted by Gasteiger charge is -2.22. The van der Waals surface area contributed by atoms with Gasteiger partial charge in [-0.05, 0) is 23.3 Å². The number of rotatable bonds is 6. The van der Waals surface area contributed by atoms with E-state index in [1.807, 2.05) is 0 Å². The van der Waals surface area contributed by atoms with Crippen LogP contribution < -0.4 is 0 Å². The van der Waals surface area contributed by atoms with Crippen molar-refractivity contribution in [3.63, 3.8) is 0 Å². The third-order valence-corrected chi connectivity index (χ3v) is 4.87. The van der Waals surface area contributed by atoms with Gasteiger partial charge >= 0.3 is 15.5 Å². The monoisotopic (exact) mass is 373 g/mol. The summed E-state index contributed by atoms with van der Waals surface area (Å²) >= 11 is 0. The zero-order valence-electron chi connectivity index (χ0n) is 12.9. The summed E-state index contributed by atoms with van der Waals surface area (Å²) in [6.07, 6.45) is 2.87. The van der Waals surface area contributed by atoms with Gasteiger partial charge < -0.3 is 0 Å². The van der Waals surface area contributed by atoms with E-state index < -0.39 is 34.4 Å². The molecule has 0 amide bonds. The summed E-state index contributed by atoms with van der Waals surface area (Å²) in [6.45, 7) is -0.977. The number of benzene rings is 2. The van der Waals surface area contributed by atoms with Crippen molar-refractivity contribution in [3.8, 4) is 0 Å². The van der Waals surface area contributed by atoms with Crippen LogP contribution in [0.15, 0.2) is 60.7 Å². The molecular weight excluding hydrogens is 358 g/mol. The third-order valence-electron chi connectivity index (χ3n) is 3.32. The highest BCUT2D eigenvalue weighted by Crippen LogP contribution is 2.28. The molecule has 134 valence electrons. The highest BCUT2D eigenvalue weighted by atomic mass is 32.2. The molecule has 0 aliphatic carbocycles. The van der Waals surface area contributed by atoms with Crippen molar-refractivity contribution in [2.24, 2.45) is 0 Å². The molecule has 0 spiro atoms. The molecule has 0 atom stereocenters. The van der Waals surface area contributed by atoms with E-state index in [2.05, 4.69) is 0 Å². The van der Waals surface area contributed by atoms with E-state index in [-0.39, 0.29) is 5.56 Å². The summed E-state index contributed by atoms with van der Waals surface area (Å²) < 4.78 is 75.4. The summed E-state index contributed by atoms with van der Waals surface area (Å²) in [6, 6.07) is 13.4. The van der Waals surface area contributed by atoms with Crippen molar-refractivity contribution >= 4 is 16.1 Å². The number of hydrogen-bond acceptors (Lipinski definition) is 2. The molecule has 2 aromatic rings. The van der Waals surface area contributed by atoms with E-state index in [1.165, 1.54) is 24.3 Å². The van der Waals surface area contributed by atoms with Gasteiger partial charge in [-0.1, -0.05) is 54.6 Å². The van der Waals surface area contributed by atoms with Crippen LogP contribution in [0.5, 0.6) is 0 Å². The Hall–Kier alpha value is -2.19. The first-order chi connectivity index (χ1) is 11.7. The molecule has 0 aliphatic rings. The average Bonchev–Trinajstić information content (AvgIpc) is 2.55. The summed E-state index contributed by atoms with van der Waals surface area (Å²) in [5, 5.41) is 0. The smallest absolute Gasteiger partial charge is 0.207 e. The molecule has 2 aromatic carbocycles. The molecule has 0 bridgehead atoms. The van der Waals surface area contributed by atoms with Crippen molar-refractivity contribution in [1.82, 2.24) is 4.31 Å². The molecule has 2 rings (SSSR count). The Morgan fingerprint density at radius 2 is 1.56 bits per heavy atom. The molecule has 0 saturated carbocycles. The van der Waals surface area contributed by atoms with Gasteiger partial charge in [-0.25, -0.2) is 12.8 Å². The minimum Gasteiger partial charge on any atom is -0.207 e. The molecule has 25 heavy (non-hydrogen) atoms. The van der Waals surface area contributed by atoms with E-state index in [4.69, 9.17) is 0 Å². The highest BCUT2D eigenvalue weighted by molar-refractivity contribution is 7.89. The standard InChI is InChI=1S/C17H15F4NO2S/c18-16-10-8-15(9-11-16)13-22(25(23,24)17(19,20)21)12-4-7-14-5-2-1-3-6-14/h1-11H,12-13H2. The molecule has 0 aromatic heterocycles. The number of sulfonamides is 1. The molecule has 0 unspecified atom stereocenters. The summed E-state index contributed by atoms with van der Waals surface area (Å²) in [7, 11) is -5.51. The Morgan fingerprint density at radius 1 is 0.960 bits per heavy atom. The van der Waals surface area contributed by atoms with Gasteiger partial charge in [0.25, 0.3) is 0 Å². The van der Waals surface area contributed by atoms with Gasteiger partial charge in [-0.2, -0.15) is 17.5 Å². The van der Waals surface area contributed by atoms with E-state index in [0.29, 0.717) is 4.31 Å². The average molecular weight is 373 g/mol. The first-order valence-electron chi connectivity index (χ1n) is 7.22. The fourth-order valence-corrected chi connectivity index (χ4v) is 2.95. The molecular formula is C17H15F4NO2S. The molecule has 0 heterocycles. The maximum atomic E-state index is 12.9. The number of nitrogens with zero attached hydrogens (tertiary/aromatic N) is 1. The Kier molecular flexibility index (Phi) is 5.97. The molecule has 8 heteroatoms. The fourth-order valence-electron chi connectivity index (χ4n) is 2.06. The van der Waals surface area contributed by atoms with Crippen molar-refractivity contribution in [3.05, 3.63) is 77.6 Å². The second-order valence-corrected chi connectivity index (χ2v) is 7.11. The first kappa shape index (κ1) is 19.1. The predicted octanol–water partition coefficient (Wildman–Crippen LogP) is 4.19. The second kappa shape index (κ2) is 7.79. The summed E-state index contributed by atoms with van der Waals surface area (Å²) in [4.78, 5) is 0. The molecule has 0 fully saturated rings. The van der Waals surface area contributed by atoms with Crippen LogP contribution >= 0.6 is 0 Å². The first-order valence-corrected chi connectivity index (χ1v) is 8.66. The zero-order valence-corrected chi connectivity index (χ0v) is 13.8. The van der Waals surface area contributed by atoms with Gasteiger partial charge in [-0.3, -0.25) is 0 Å². The Balaban J connectivity index is 2.23. The van der Waals surface area contributed by atoms with Gasteiger partial charge in [0.2, 0.25) is 0 Å². The minimum absolute atomic E-state index is 0.252. The maximum Gasteiger partial charge on any atom is 0.511 e. The van der Waals surface area contributed by atoms with Crippen LogP contribution in [0.2, 0.25) is 0 Å². The van der Waals surface area contributed by atoms with Crippen LogP contribution in [-0.4, -0.2) is 24.8 Å². The van der Waals surface area contributed by atoms with Gasteiger partial charge in [0.1, 0.15) is 5.82 Å².